The minimum absolute atomic E-state index is 0.000127. The van der Waals surface area contributed by atoms with E-state index in [1.54, 1.807) is 17.5 Å². The predicted octanol–water partition coefficient (Wildman–Crippen LogP) is 4.18. The third kappa shape index (κ3) is 3.41. The Morgan fingerprint density at radius 3 is 2.69 bits per heavy atom. The molecule has 2 aliphatic rings. The van der Waals surface area contributed by atoms with E-state index in [1.165, 1.54) is 0 Å². The van der Waals surface area contributed by atoms with Crippen molar-refractivity contribution in [3.8, 4) is 11.1 Å². The maximum atomic E-state index is 12.8. The number of rotatable bonds is 3. The molecular weight excluding hydrogens is 406 g/mol. The summed E-state index contributed by atoms with van der Waals surface area (Å²) >= 11 is 7.69. The van der Waals surface area contributed by atoms with Gasteiger partial charge in [0.05, 0.1) is 18.1 Å². The van der Waals surface area contributed by atoms with E-state index >= 15 is 0 Å². The first-order valence-electron chi connectivity index (χ1n) is 9.66. The number of thiophene rings is 1. The highest BCUT2D eigenvalue weighted by molar-refractivity contribution is 7.19. The van der Waals surface area contributed by atoms with E-state index < -0.39 is 0 Å². The molecule has 1 N–H and O–H groups in total. The van der Waals surface area contributed by atoms with Gasteiger partial charge in [-0.05, 0) is 29.3 Å². The van der Waals surface area contributed by atoms with E-state index in [1.807, 2.05) is 36.5 Å². The molecule has 2 aliphatic heterocycles. The largest absolute Gasteiger partial charge is 0.378 e. The predicted molar refractivity (Wildman–Crippen MR) is 116 cm³/mol. The quantitative estimate of drug-likeness (QED) is 0.684. The lowest BCUT2D eigenvalue weighted by atomic mass is 9.84. The Morgan fingerprint density at radius 1 is 1.17 bits per heavy atom. The molecule has 29 heavy (non-hydrogen) atoms. The molecule has 1 fully saturated rings. The van der Waals surface area contributed by atoms with Crippen LogP contribution in [0.25, 0.3) is 11.1 Å². The van der Waals surface area contributed by atoms with Crippen molar-refractivity contribution in [3.05, 3.63) is 69.8 Å². The fourth-order valence-corrected chi connectivity index (χ4v) is 5.55. The second-order valence-corrected chi connectivity index (χ2v) is 8.62. The number of anilines is 1. The van der Waals surface area contributed by atoms with Crippen LogP contribution in [0.5, 0.6) is 0 Å². The molecule has 0 saturated carbocycles. The minimum atomic E-state index is -0.000127. The highest BCUT2D eigenvalue weighted by Gasteiger charge is 2.35. The van der Waals surface area contributed by atoms with Gasteiger partial charge in [-0.25, -0.2) is 0 Å². The fraction of sp³-hybridized carbons (Fsp3) is 0.273. The zero-order valence-electron chi connectivity index (χ0n) is 15.7. The molecule has 2 aromatic heterocycles. The van der Waals surface area contributed by atoms with Crippen LogP contribution in [0.2, 0.25) is 5.02 Å². The van der Waals surface area contributed by atoms with Crippen LogP contribution in [-0.4, -0.2) is 43.7 Å². The minimum Gasteiger partial charge on any atom is -0.378 e. The molecule has 7 heteroatoms. The zero-order valence-corrected chi connectivity index (χ0v) is 17.3. The van der Waals surface area contributed by atoms with E-state index in [0.717, 1.165) is 45.2 Å². The number of nitrogens with zero attached hydrogens (tertiary/aromatic N) is 2. The number of pyridine rings is 1. The number of carbonyl (C=O) groups is 1. The number of halogens is 1. The van der Waals surface area contributed by atoms with E-state index in [2.05, 4.69) is 21.3 Å². The van der Waals surface area contributed by atoms with Crippen molar-refractivity contribution in [2.24, 2.45) is 0 Å². The van der Waals surface area contributed by atoms with Crippen LogP contribution in [0.4, 0.5) is 5.00 Å². The Labute approximate surface area is 178 Å². The number of hydrogen-bond acceptors (Lipinski definition) is 5. The van der Waals surface area contributed by atoms with Crippen LogP contribution in [0, 0.1) is 0 Å². The van der Waals surface area contributed by atoms with Gasteiger partial charge in [0.15, 0.2) is 0 Å². The molecule has 1 amide bonds. The Balaban J connectivity index is 1.72. The van der Waals surface area contributed by atoms with Gasteiger partial charge in [-0.1, -0.05) is 29.8 Å². The molecule has 3 aromatic rings. The molecule has 0 aliphatic carbocycles. The van der Waals surface area contributed by atoms with E-state index in [0.29, 0.717) is 24.8 Å². The van der Waals surface area contributed by atoms with E-state index in [4.69, 9.17) is 16.3 Å². The average Bonchev–Trinajstić information content (AvgIpc) is 3.18. The molecule has 5 rings (SSSR count). The zero-order chi connectivity index (χ0) is 19.8. The molecule has 1 atom stereocenters. The highest BCUT2D eigenvalue weighted by atomic mass is 35.5. The van der Waals surface area contributed by atoms with Crippen molar-refractivity contribution in [3.63, 3.8) is 0 Å². The Morgan fingerprint density at radius 2 is 1.97 bits per heavy atom. The van der Waals surface area contributed by atoms with Crippen molar-refractivity contribution in [1.82, 2.24) is 10.3 Å². The summed E-state index contributed by atoms with van der Waals surface area (Å²) in [7, 11) is 0. The van der Waals surface area contributed by atoms with Gasteiger partial charge in [0.25, 0.3) is 5.91 Å². The van der Waals surface area contributed by atoms with Crippen molar-refractivity contribution in [1.29, 1.82) is 0 Å². The number of nitrogens with one attached hydrogen (secondary N) is 1. The SMILES string of the molecule is O=C1NCC(c2ccc(Cl)cc2)c2c1sc(N1CCOCC1)c2-c1cccnc1. The number of carbonyl (C=O) groups excluding carboxylic acids is 1. The third-order valence-corrected chi connectivity index (χ3v) is 6.99. The summed E-state index contributed by atoms with van der Waals surface area (Å²) in [4.78, 5) is 20.3. The smallest absolute Gasteiger partial charge is 0.261 e. The summed E-state index contributed by atoms with van der Waals surface area (Å²) in [6.45, 7) is 3.60. The number of ether oxygens (including phenoxy) is 1. The van der Waals surface area contributed by atoms with E-state index in [9.17, 15) is 4.79 Å². The molecule has 5 nitrogen and oxygen atoms in total. The first kappa shape index (κ1) is 18.6. The Bertz CT molecular complexity index is 1030. The van der Waals surface area contributed by atoms with Gasteiger partial charge < -0.3 is 15.0 Å². The number of amides is 1. The fourth-order valence-electron chi connectivity index (χ4n) is 4.07. The van der Waals surface area contributed by atoms with Gasteiger partial charge in [-0.3, -0.25) is 9.78 Å². The second kappa shape index (κ2) is 7.78. The van der Waals surface area contributed by atoms with Gasteiger partial charge in [0.2, 0.25) is 0 Å². The van der Waals surface area contributed by atoms with Gasteiger partial charge in [-0.15, -0.1) is 11.3 Å². The van der Waals surface area contributed by atoms with Gasteiger partial charge in [0.1, 0.15) is 5.00 Å². The molecule has 1 saturated heterocycles. The Kier molecular flexibility index (Phi) is 4.99. The lowest BCUT2D eigenvalue weighted by Crippen LogP contribution is -2.36. The number of benzene rings is 1. The lowest BCUT2D eigenvalue weighted by Gasteiger charge is -2.29. The number of morpholine rings is 1. The normalized spacial score (nSPS) is 19.0. The van der Waals surface area contributed by atoms with Gasteiger partial charge in [0, 0.05) is 54.1 Å². The first-order chi connectivity index (χ1) is 14.2. The van der Waals surface area contributed by atoms with Crippen LogP contribution < -0.4 is 10.2 Å². The van der Waals surface area contributed by atoms with Crippen molar-refractivity contribution in [2.45, 2.75) is 5.92 Å². The summed E-state index contributed by atoms with van der Waals surface area (Å²) in [5.74, 6) is 0.0704. The molecule has 1 aromatic carbocycles. The standard InChI is InChI=1S/C22H20ClN3O2S/c23-16-5-3-14(4-6-16)17-13-25-21(27)20-19(17)18(15-2-1-7-24-12-15)22(29-20)26-8-10-28-11-9-26/h1-7,12,17H,8-11,13H2,(H,25,27). The first-order valence-corrected chi connectivity index (χ1v) is 10.9. The average molecular weight is 426 g/mol. The highest BCUT2D eigenvalue weighted by Crippen LogP contribution is 2.49. The summed E-state index contributed by atoms with van der Waals surface area (Å²) in [6.07, 6.45) is 3.66. The molecule has 1 unspecified atom stereocenters. The summed E-state index contributed by atoms with van der Waals surface area (Å²) < 4.78 is 5.55. The van der Waals surface area contributed by atoms with Crippen LogP contribution in [0.1, 0.15) is 26.7 Å². The third-order valence-electron chi connectivity index (χ3n) is 5.47. The van der Waals surface area contributed by atoms with Crippen molar-refractivity contribution >= 4 is 33.8 Å². The van der Waals surface area contributed by atoms with Gasteiger partial charge >= 0.3 is 0 Å². The number of fused-ring (bicyclic) bond motifs is 1. The van der Waals surface area contributed by atoms with Crippen LogP contribution in [0.15, 0.2) is 48.8 Å². The number of hydrogen-bond donors (Lipinski definition) is 1. The topological polar surface area (TPSA) is 54.5 Å². The molecule has 0 spiro atoms. The van der Waals surface area contributed by atoms with E-state index in [-0.39, 0.29) is 11.8 Å². The number of aromatic nitrogens is 1. The maximum absolute atomic E-state index is 12.8. The van der Waals surface area contributed by atoms with Crippen LogP contribution in [0.3, 0.4) is 0 Å². The Hall–Kier alpha value is -2.41. The monoisotopic (exact) mass is 425 g/mol. The van der Waals surface area contributed by atoms with Crippen LogP contribution >= 0.6 is 22.9 Å². The van der Waals surface area contributed by atoms with Crippen molar-refractivity contribution < 1.29 is 9.53 Å². The lowest BCUT2D eigenvalue weighted by molar-refractivity contribution is 0.0947. The molecule has 0 bridgehead atoms. The molecule has 4 heterocycles. The summed E-state index contributed by atoms with van der Waals surface area (Å²) in [5.41, 5.74) is 4.40. The molecule has 0 radical (unpaired) electrons. The van der Waals surface area contributed by atoms with Crippen LogP contribution in [-0.2, 0) is 4.74 Å². The van der Waals surface area contributed by atoms with Crippen molar-refractivity contribution in [2.75, 3.05) is 37.7 Å². The maximum Gasteiger partial charge on any atom is 0.261 e. The summed E-state index contributed by atoms with van der Waals surface area (Å²) in [6, 6.07) is 11.9. The summed E-state index contributed by atoms with van der Waals surface area (Å²) in [5, 5.41) is 4.91. The van der Waals surface area contributed by atoms with Gasteiger partial charge in [-0.2, -0.15) is 0 Å². The molecular formula is C22H20ClN3O2S. The molecule has 148 valence electrons. The second-order valence-electron chi connectivity index (χ2n) is 7.18.